The summed E-state index contributed by atoms with van der Waals surface area (Å²) in [6.45, 7) is 10.3. The van der Waals surface area contributed by atoms with Gasteiger partial charge in [-0.05, 0) is 87.2 Å². The van der Waals surface area contributed by atoms with Gasteiger partial charge >= 0.3 is 0 Å². The molecule has 0 aromatic rings. The maximum atomic E-state index is 14.1. The van der Waals surface area contributed by atoms with Crippen LogP contribution in [0.25, 0.3) is 0 Å². The van der Waals surface area contributed by atoms with Crippen molar-refractivity contribution < 1.29 is 14.6 Å². The van der Waals surface area contributed by atoms with Gasteiger partial charge in [0.1, 0.15) is 0 Å². The quantitative estimate of drug-likeness (QED) is 0.572. The number of ketones is 1. The smallest absolute Gasteiger partial charge is 0.163 e. The van der Waals surface area contributed by atoms with Gasteiger partial charge in [0, 0.05) is 23.5 Å². The molecule has 6 aliphatic rings. The van der Waals surface area contributed by atoms with Gasteiger partial charge in [-0.3, -0.25) is 4.79 Å². The number of carbonyl (C=O) groups is 1. The van der Waals surface area contributed by atoms with Gasteiger partial charge in [0.15, 0.2) is 5.78 Å². The molecule has 6 rings (SSSR count). The van der Waals surface area contributed by atoms with Crippen molar-refractivity contribution >= 4 is 5.78 Å². The van der Waals surface area contributed by atoms with Gasteiger partial charge in [0.2, 0.25) is 0 Å². The van der Waals surface area contributed by atoms with Crippen LogP contribution in [-0.4, -0.2) is 41.3 Å². The minimum absolute atomic E-state index is 0.0653. The number of carbonyl (C=O) groups excluding carboxylic acids is 1. The lowest BCUT2D eigenvalue weighted by Crippen LogP contribution is -2.49. The second-order valence-electron chi connectivity index (χ2n) is 12.1. The third-order valence-corrected chi connectivity index (χ3v) is 10.6. The summed E-state index contributed by atoms with van der Waals surface area (Å²) in [6.07, 6.45) is 9.23. The molecule has 0 amide bonds. The second kappa shape index (κ2) is 6.77. The summed E-state index contributed by atoms with van der Waals surface area (Å²) >= 11 is 0. The Morgan fingerprint density at radius 2 is 2.03 bits per heavy atom. The molecule has 4 heteroatoms. The number of hydrogen-bond donors (Lipinski definition) is 2. The van der Waals surface area contributed by atoms with Crippen LogP contribution in [0, 0.1) is 35.0 Å². The van der Waals surface area contributed by atoms with E-state index in [9.17, 15) is 9.90 Å². The Balaban J connectivity index is 1.39. The van der Waals surface area contributed by atoms with E-state index >= 15 is 0 Å². The highest BCUT2D eigenvalue weighted by Gasteiger charge is 2.63. The van der Waals surface area contributed by atoms with Crippen LogP contribution in [0.15, 0.2) is 22.8 Å². The van der Waals surface area contributed by atoms with Gasteiger partial charge in [-0.15, -0.1) is 0 Å². The number of aliphatic hydroxyl groups is 1. The molecule has 0 unspecified atom stereocenters. The molecule has 31 heavy (non-hydrogen) atoms. The first-order chi connectivity index (χ1) is 14.8. The largest absolute Gasteiger partial charge is 0.393 e. The number of ether oxygens (including phenoxy) is 1. The van der Waals surface area contributed by atoms with Crippen LogP contribution in [0.2, 0.25) is 0 Å². The molecule has 1 spiro atoms. The minimum Gasteiger partial charge on any atom is -0.393 e. The maximum absolute atomic E-state index is 14.1. The summed E-state index contributed by atoms with van der Waals surface area (Å²) in [5.74, 6) is 2.41. The average Bonchev–Trinajstić information content (AvgIpc) is 3.18. The molecule has 0 bridgehead atoms. The number of aliphatic hydroxyl groups excluding tert-OH is 1. The number of hydrogen-bond acceptors (Lipinski definition) is 4. The standard InChI is InChI=1S/C27H39NO3/c1-14-11-21-24(28-13-14)16(3)27(31-21)10-8-19-20-6-5-17-12-18(29)7-9-26(17,4)23(20)25(30)22(19)15(27)2/h5,14,16,18-21,23-24,28-29H,6-13H2,1-4H3/t14-,16+,18+,19+,20-,21-,23+,24-,26+,27-/m1/s1. The molecule has 2 N–H and O–H groups in total. The van der Waals surface area contributed by atoms with Crippen molar-refractivity contribution in [3.05, 3.63) is 22.8 Å². The zero-order valence-electron chi connectivity index (χ0n) is 19.6. The number of rotatable bonds is 0. The number of Topliss-reactive ketones (excluding diaryl/α,β-unsaturated/α-hetero) is 1. The van der Waals surface area contributed by atoms with Crippen molar-refractivity contribution in [2.75, 3.05) is 6.54 Å². The number of allylic oxidation sites excluding steroid dienone is 2. The predicted molar refractivity (Wildman–Crippen MR) is 120 cm³/mol. The van der Waals surface area contributed by atoms with E-state index in [1.54, 1.807) is 0 Å². The summed E-state index contributed by atoms with van der Waals surface area (Å²) in [5, 5.41) is 14.0. The van der Waals surface area contributed by atoms with Gasteiger partial charge in [-0.1, -0.05) is 32.4 Å². The van der Waals surface area contributed by atoms with Gasteiger partial charge in [0.05, 0.1) is 17.8 Å². The molecule has 10 atom stereocenters. The second-order valence-corrected chi connectivity index (χ2v) is 12.1. The molecule has 0 aromatic carbocycles. The molecule has 2 saturated carbocycles. The van der Waals surface area contributed by atoms with Crippen LogP contribution >= 0.6 is 0 Å². The first kappa shape index (κ1) is 20.6. The fourth-order valence-corrected chi connectivity index (χ4v) is 8.93. The molecular formula is C27H39NO3. The Kier molecular flexibility index (Phi) is 4.51. The van der Waals surface area contributed by atoms with E-state index in [0.717, 1.165) is 57.1 Å². The molecule has 0 aromatic heterocycles. The van der Waals surface area contributed by atoms with E-state index in [-0.39, 0.29) is 29.1 Å². The van der Waals surface area contributed by atoms with E-state index in [1.807, 2.05) is 0 Å². The molecule has 2 aliphatic heterocycles. The fraction of sp³-hybridized carbons (Fsp3) is 0.815. The Hall–Kier alpha value is -0.970. The summed E-state index contributed by atoms with van der Waals surface area (Å²) in [6, 6.07) is 0.410. The van der Waals surface area contributed by atoms with E-state index in [2.05, 4.69) is 39.1 Å². The van der Waals surface area contributed by atoms with Crippen LogP contribution in [0.3, 0.4) is 0 Å². The van der Waals surface area contributed by atoms with E-state index in [4.69, 9.17) is 4.74 Å². The molecule has 4 aliphatic carbocycles. The first-order valence-corrected chi connectivity index (χ1v) is 12.8. The molecule has 4 nitrogen and oxygen atoms in total. The van der Waals surface area contributed by atoms with Crippen LogP contribution in [0.4, 0.5) is 0 Å². The Bertz CT molecular complexity index is 876. The molecule has 170 valence electrons. The lowest BCUT2D eigenvalue weighted by molar-refractivity contribution is -0.123. The zero-order chi connectivity index (χ0) is 21.7. The number of fused-ring (bicyclic) bond motifs is 6. The van der Waals surface area contributed by atoms with Gasteiger partial charge < -0.3 is 15.2 Å². The van der Waals surface area contributed by atoms with Crippen LogP contribution < -0.4 is 5.32 Å². The number of nitrogens with one attached hydrogen (secondary N) is 1. The van der Waals surface area contributed by atoms with E-state index in [0.29, 0.717) is 35.5 Å². The SMILES string of the molecule is CC1=C2C(=O)[C@@H]3[C@H](CC=C4C[C@@H](O)CC[C@@]43C)[C@@H]2CC[C@@]12O[C@@H]1C[C@@H](C)CN[C@@H]1[C@@H]2C. The van der Waals surface area contributed by atoms with Gasteiger partial charge in [-0.2, -0.15) is 0 Å². The number of piperidine rings is 1. The highest BCUT2D eigenvalue weighted by Crippen LogP contribution is 2.63. The summed E-state index contributed by atoms with van der Waals surface area (Å²) < 4.78 is 6.93. The third-order valence-electron chi connectivity index (χ3n) is 10.6. The van der Waals surface area contributed by atoms with Crippen LogP contribution in [0.5, 0.6) is 0 Å². The molecule has 2 heterocycles. The lowest BCUT2D eigenvalue weighted by atomic mass is 9.56. The van der Waals surface area contributed by atoms with Crippen molar-refractivity contribution in [3.63, 3.8) is 0 Å². The van der Waals surface area contributed by atoms with Crippen molar-refractivity contribution in [3.8, 4) is 0 Å². The minimum atomic E-state index is -0.263. The van der Waals surface area contributed by atoms with Crippen molar-refractivity contribution in [2.45, 2.75) is 96.5 Å². The van der Waals surface area contributed by atoms with Crippen LogP contribution in [-0.2, 0) is 9.53 Å². The summed E-state index contributed by atoms with van der Waals surface area (Å²) in [7, 11) is 0. The first-order valence-electron chi connectivity index (χ1n) is 12.8. The van der Waals surface area contributed by atoms with Gasteiger partial charge in [-0.25, -0.2) is 0 Å². The third kappa shape index (κ3) is 2.62. The Labute approximate surface area is 186 Å². The topological polar surface area (TPSA) is 58.6 Å². The van der Waals surface area contributed by atoms with Crippen molar-refractivity contribution in [2.24, 2.45) is 35.0 Å². The highest BCUT2D eigenvalue weighted by molar-refractivity contribution is 6.02. The van der Waals surface area contributed by atoms with Crippen molar-refractivity contribution in [1.82, 2.24) is 5.32 Å². The molecule has 2 saturated heterocycles. The molecular weight excluding hydrogens is 386 g/mol. The normalized spacial score (nSPS) is 53.7. The maximum Gasteiger partial charge on any atom is 0.163 e. The molecule has 0 radical (unpaired) electrons. The average molecular weight is 426 g/mol. The van der Waals surface area contributed by atoms with Crippen LogP contribution in [0.1, 0.15) is 72.6 Å². The highest BCUT2D eigenvalue weighted by atomic mass is 16.5. The Morgan fingerprint density at radius 3 is 2.84 bits per heavy atom. The van der Waals surface area contributed by atoms with Crippen molar-refractivity contribution in [1.29, 1.82) is 0 Å². The summed E-state index contributed by atoms with van der Waals surface area (Å²) in [5.41, 5.74) is 3.43. The molecule has 4 fully saturated rings. The zero-order valence-corrected chi connectivity index (χ0v) is 19.6. The fourth-order valence-electron chi connectivity index (χ4n) is 8.93. The van der Waals surface area contributed by atoms with E-state index in [1.165, 1.54) is 11.1 Å². The Morgan fingerprint density at radius 1 is 1.23 bits per heavy atom. The monoisotopic (exact) mass is 425 g/mol. The lowest BCUT2D eigenvalue weighted by Gasteiger charge is -2.48. The van der Waals surface area contributed by atoms with Gasteiger partial charge in [0.25, 0.3) is 0 Å². The summed E-state index contributed by atoms with van der Waals surface area (Å²) in [4.78, 5) is 14.1. The predicted octanol–water partition coefficient (Wildman–Crippen LogP) is 4.18. The van der Waals surface area contributed by atoms with E-state index < -0.39 is 0 Å².